The normalized spacial score (nSPS) is 24.3. The van der Waals surface area contributed by atoms with E-state index < -0.39 is 11.6 Å². The first-order chi connectivity index (χ1) is 16.4. The summed E-state index contributed by atoms with van der Waals surface area (Å²) in [6, 6.07) is 2.00. The van der Waals surface area contributed by atoms with Crippen molar-refractivity contribution < 1.29 is 18.3 Å². The molecule has 0 bridgehead atoms. The zero-order valence-electron chi connectivity index (χ0n) is 18.4. The lowest BCUT2D eigenvalue weighted by Gasteiger charge is -2.30. The molecule has 182 valence electrons. The number of nitrogens with two attached hydrogens (primary N) is 1. The molecule has 3 aliphatic rings. The maximum Gasteiger partial charge on any atom is 0.220 e. The number of amides is 1. The highest BCUT2D eigenvalue weighted by Crippen LogP contribution is 2.41. The van der Waals surface area contributed by atoms with Gasteiger partial charge in [-0.05, 0) is 38.2 Å². The minimum Gasteiger partial charge on any atom is -0.380 e. The molecule has 1 saturated heterocycles. The smallest absolute Gasteiger partial charge is 0.220 e. The summed E-state index contributed by atoms with van der Waals surface area (Å²) in [6.45, 7) is 1.80. The fourth-order valence-corrected chi connectivity index (χ4v) is 5.06. The van der Waals surface area contributed by atoms with Crippen molar-refractivity contribution in [2.45, 2.75) is 50.7 Å². The largest absolute Gasteiger partial charge is 0.380 e. The zero-order chi connectivity index (χ0) is 23.8. The van der Waals surface area contributed by atoms with Crippen LogP contribution < -0.4 is 16.5 Å². The van der Waals surface area contributed by atoms with Gasteiger partial charge in [0.15, 0.2) is 11.6 Å². The van der Waals surface area contributed by atoms with Crippen LogP contribution in [0.1, 0.15) is 43.8 Å². The molecule has 2 fully saturated rings. The molecular weight excluding hydrogens is 468 g/mol. The van der Waals surface area contributed by atoms with Gasteiger partial charge in [0.1, 0.15) is 17.8 Å². The van der Waals surface area contributed by atoms with Crippen molar-refractivity contribution in [2.24, 2.45) is 16.6 Å². The Hall–Kier alpha value is -2.76. The molecule has 2 aromatic rings. The molecule has 3 heterocycles. The number of halogens is 3. The average Bonchev–Trinajstić information content (AvgIpc) is 3.43. The lowest BCUT2D eigenvalue weighted by Crippen LogP contribution is -2.44. The molecule has 9 nitrogen and oxygen atoms in total. The Kier molecular flexibility index (Phi) is 6.41. The fraction of sp³-hybridized carbons (Fsp3) is 0.500. The van der Waals surface area contributed by atoms with Gasteiger partial charge in [0.25, 0.3) is 0 Å². The molecule has 0 radical (unpaired) electrons. The lowest BCUT2D eigenvalue weighted by atomic mass is 9.85. The van der Waals surface area contributed by atoms with Crippen LogP contribution in [0.5, 0.6) is 0 Å². The Morgan fingerprint density at radius 3 is 2.68 bits per heavy atom. The highest BCUT2D eigenvalue weighted by molar-refractivity contribution is 6.33. The van der Waals surface area contributed by atoms with Crippen LogP contribution >= 0.6 is 11.6 Å². The Labute approximate surface area is 200 Å². The number of hydrogen-bond donors (Lipinski definition) is 3. The summed E-state index contributed by atoms with van der Waals surface area (Å²) < 4.78 is 35.5. The number of hydrazine groups is 1. The minimum atomic E-state index is -0.817. The second kappa shape index (κ2) is 9.47. The van der Waals surface area contributed by atoms with Gasteiger partial charge in [0.05, 0.1) is 29.9 Å². The Bertz CT molecular complexity index is 1090. The molecule has 1 saturated carbocycles. The number of anilines is 2. The molecule has 1 aliphatic carbocycles. The number of ether oxygens (including phenoxy) is 1. The SMILES string of the molecule is NC(=O)C1CCC(n2c(Nc3c(F)cc(F)cc3Cl)nc3c2N=CN(N[C@@H]2CCOC2)C3)CC1. The predicted octanol–water partition coefficient (Wildman–Crippen LogP) is 3.54. The number of primary amides is 1. The third kappa shape index (κ3) is 4.59. The quantitative estimate of drug-likeness (QED) is 0.568. The molecule has 1 aromatic heterocycles. The second-order valence-corrected chi connectivity index (χ2v) is 9.32. The van der Waals surface area contributed by atoms with Crippen LogP contribution in [-0.4, -0.2) is 46.1 Å². The van der Waals surface area contributed by atoms with E-state index in [0.717, 1.165) is 18.6 Å². The monoisotopic (exact) mass is 493 g/mol. The third-order valence-corrected chi connectivity index (χ3v) is 6.88. The van der Waals surface area contributed by atoms with Gasteiger partial charge in [-0.3, -0.25) is 14.4 Å². The zero-order valence-corrected chi connectivity index (χ0v) is 19.2. The molecule has 34 heavy (non-hydrogen) atoms. The number of aliphatic imine (C=N–C) groups is 1. The first kappa shape index (κ1) is 23.0. The number of hydrogen-bond acceptors (Lipinski definition) is 7. The number of rotatable bonds is 6. The van der Waals surface area contributed by atoms with Crippen molar-refractivity contribution in [2.75, 3.05) is 18.5 Å². The highest BCUT2D eigenvalue weighted by atomic mass is 35.5. The number of nitrogens with one attached hydrogen (secondary N) is 2. The molecular formula is C22H26ClF2N7O2. The Balaban J connectivity index is 1.45. The van der Waals surface area contributed by atoms with Crippen LogP contribution in [0.25, 0.3) is 0 Å². The molecule has 1 aromatic carbocycles. The lowest BCUT2D eigenvalue weighted by molar-refractivity contribution is -0.122. The number of benzene rings is 1. The van der Waals surface area contributed by atoms with Crippen molar-refractivity contribution in [3.8, 4) is 0 Å². The summed E-state index contributed by atoms with van der Waals surface area (Å²) in [5.74, 6) is -1.01. The van der Waals surface area contributed by atoms with E-state index in [2.05, 4.69) is 15.7 Å². The van der Waals surface area contributed by atoms with E-state index in [4.69, 9.17) is 27.1 Å². The molecule has 5 rings (SSSR count). The van der Waals surface area contributed by atoms with Gasteiger partial charge in [-0.15, -0.1) is 0 Å². The van der Waals surface area contributed by atoms with Crippen molar-refractivity contribution in [3.05, 3.63) is 34.5 Å². The molecule has 12 heteroatoms. The Morgan fingerprint density at radius 2 is 2.00 bits per heavy atom. The second-order valence-electron chi connectivity index (χ2n) is 8.92. The van der Waals surface area contributed by atoms with Crippen LogP contribution in [0.4, 0.5) is 26.2 Å². The molecule has 1 atom stereocenters. The van der Waals surface area contributed by atoms with Crippen molar-refractivity contribution in [1.29, 1.82) is 0 Å². The first-order valence-corrected chi connectivity index (χ1v) is 11.7. The highest BCUT2D eigenvalue weighted by Gasteiger charge is 2.32. The van der Waals surface area contributed by atoms with Crippen LogP contribution in [-0.2, 0) is 16.1 Å². The summed E-state index contributed by atoms with van der Waals surface area (Å²) >= 11 is 6.13. The van der Waals surface area contributed by atoms with Crippen LogP contribution in [0, 0.1) is 17.6 Å². The van der Waals surface area contributed by atoms with Gasteiger partial charge in [0.2, 0.25) is 11.9 Å². The molecule has 0 unspecified atom stereocenters. The maximum atomic E-state index is 14.5. The topological polar surface area (TPSA) is 110 Å². The van der Waals surface area contributed by atoms with Crippen LogP contribution in [0.3, 0.4) is 0 Å². The third-order valence-electron chi connectivity index (χ3n) is 6.58. The summed E-state index contributed by atoms with van der Waals surface area (Å²) in [4.78, 5) is 21.0. The number of carbonyl (C=O) groups is 1. The molecule has 0 spiro atoms. The summed E-state index contributed by atoms with van der Waals surface area (Å²) in [5.41, 5.74) is 9.52. The Morgan fingerprint density at radius 1 is 1.21 bits per heavy atom. The standard InChI is InChI=1S/C22H26ClF2N7O2/c23-16-7-13(24)8-17(25)19(16)29-22-28-18-9-31(30-14-5-6-34-10-14)11-27-21(18)32(22)15-3-1-12(2-4-15)20(26)33/h7-8,11-12,14-15,30H,1-6,9-10H2,(H2,26,33)(H,28,29)/t12?,14-,15?/m1/s1. The van der Waals surface area contributed by atoms with Crippen molar-refractivity contribution in [3.63, 3.8) is 0 Å². The van der Waals surface area contributed by atoms with Gasteiger partial charge >= 0.3 is 0 Å². The number of carbonyl (C=O) groups excluding carboxylic acids is 1. The summed E-state index contributed by atoms with van der Waals surface area (Å²) in [7, 11) is 0. The van der Waals surface area contributed by atoms with Gasteiger partial charge < -0.3 is 15.8 Å². The maximum absolute atomic E-state index is 14.5. The number of aromatic nitrogens is 2. The molecule has 4 N–H and O–H groups in total. The average molecular weight is 494 g/mol. The number of nitrogens with zero attached hydrogens (tertiary/aromatic N) is 4. The number of fused-ring (bicyclic) bond motifs is 1. The molecule has 1 amide bonds. The van der Waals surface area contributed by atoms with Gasteiger partial charge in [0, 0.05) is 24.6 Å². The van der Waals surface area contributed by atoms with E-state index in [0.29, 0.717) is 62.9 Å². The van der Waals surface area contributed by atoms with Gasteiger partial charge in [-0.2, -0.15) is 0 Å². The summed E-state index contributed by atoms with van der Waals surface area (Å²) in [5, 5.41) is 4.74. The summed E-state index contributed by atoms with van der Waals surface area (Å²) in [6.07, 6.45) is 5.31. The van der Waals surface area contributed by atoms with E-state index in [1.807, 2.05) is 9.58 Å². The van der Waals surface area contributed by atoms with E-state index in [1.165, 1.54) is 0 Å². The predicted molar refractivity (Wildman–Crippen MR) is 123 cm³/mol. The first-order valence-electron chi connectivity index (χ1n) is 11.4. The minimum absolute atomic E-state index is 0.0171. The van der Waals surface area contributed by atoms with Crippen LogP contribution in [0.2, 0.25) is 5.02 Å². The van der Waals surface area contributed by atoms with Crippen LogP contribution in [0.15, 0.2) is 17.1 Å². The fourth-order valence-electron chi connectivity index (χ4n) is 4.82. The van der Waals surface area contributed by atoms with E-state index in [9.17, 15) is 13.6 Å². The van der Waals surface area contributed by atoms with Gasteiger partial charge in [-0.25, -0.2) is 24.2 Å². The van der Waals surface area contributed by atoms with Crippen molar-refractivity contribution >= 4 is 41.3 Å². The number of imidazole rings is 1. The van der Waals surface area contributed by atoms with E-state index >= 15 is 0 Å². The van der Waals surface area contributed by atoms with Crippen molar-refractivity contribution in [1.82, 2.24) is 20.0 Å². The molecule has 2 aliphatic heterocycles. The van der Waals surface area contributed by atoms with Gasteiger partial charge in [-0.1, -0.05) is 11.6 Å². The van der Waals surface area contributed by atoms with E-state index in [1.54, 1.807) is 6.34 Å². The van der Waals surface area contributed by atoms with E-state index in [-0.39, 0.29) is 34.6 Å².